The number of ether oxygens (including phenoxy) is 1. The van der Waals surface area contributed by atoms with Crippen LogP contribution in [0.1, 0.15) is 19.1 Å². The number of aryl methyl sites for hydroxylation is 1. The molecule has 0 fully saturated rings. The van der Waals surface area contributed by atoms with Crippen molar-refractivity contribution in [3.63, 3.8) is 0 Å². The fourth-order valence-corrected chi connectivity index (χ4v) is 1.84. The molecule has 1 amide bonds. The smallest absolute Gasteiger partial charge is 0.311 e. The summed E-state index contributed by atoms with van der Waals surface area (Å²) < 4.78 is 23.4. The Bertz CT molecular complexity index is 731. The van der Waals surface area contributed by atoms with E-state index in [0.717, 1.165) is 18.2 Å². The average Bonchev–Trinajstić information content (AvgIpc) is 2.89. The van der Waals surface area contributed by atoms with Gasteiger partial charge in [-0.2, -0.15) is 0 Å². The maximum Gasteiger partial charge on any atom is 0.311 e. The predicted molar refractivity (Wildman–Crippen MR) is 77.6 cm³/mol. The Morgan fingerprint density at radius 2 is 2.26 bits per heavy atom. The molecule has 122 valence electrons. The van der Waals surface area contributed by atoms with E-state index in [0.29, 0.717) is 5.76 Å². The van der Waals surface area contributed by atoms with Crippen molar-refractivity contribution in [2.45, 2.75) is 26.4 Å². The first-order valence-corrected chi connectivity index (χ1v) is 6.75. The summed E-state index contributed by atoms with van der Waals surface area (Å²) in [5.74, 6) is -0.876. The number of anilines is 1. The SMILES string of the molecule is CC[C@@H](Oc1cc(F)ccc1[N+](=O)[O-])C(=O)Nc1cc(C)on1. The van der Waals surface area contributed by atoms with Gasteiger partial charge in [0.25, 0.3) is 5.91 Å². The molecule has 0 bridgehead atoms. The van der Waals surface area contributed by atoms with E-state index in [4.69, 9.17) is 9.26 Å². The number of halogens is 1. The third-order valence-corrected chi connectivity index (χ3v) is 2.93. The number of hydrogen-bond acceptors (Lipinski definition) is 6. The molecule has 1 aromatic carbocycles. The van der Waals surface area contributed by atoms with Crippen molar-refractivity contribution in [3.8, 4) is 5.75 Å². The van der Waals surface area contributed by atoms with Crippen LogP contribution < -0.4 is 10.1 Å². The number of nitro benzene ring substituents is 1. The Hall–Kier alpha value is -2.97. The number of nitro groups is 1. The molecule has 0 saturated heterocycles. The van der Waals surface area contributed by atoms with Crippen LogP contribution in [0.4, 0.5) is 15.9 Å². The molecule has 23 heavy (non-hydrogen) atoms. The minimum atomic E-state index is -1.05. The van der Waals surface area contributed by atoms with Crippen LogP contribution in [0.2, 0.25) is 0 Å². The zero-order chi connectivity index (χ0) is 17.0. The normalized spacial score (nSPS) is 11.8. The molecule has 0 unspecified atom stereocenters. The lowest BCUT2D eigenvalue weighted by Crippen LogP contribution is -2.32. The third kappa shape index (κ3) is 4.02. The minimum Gasteiger partial charge on any atom is -0.473 e. The summed E-state index contributed by atoms with van der Waals surface area (Å²) in [7, 11) is 0. The van der Waals surface area contributed by atoms with E-state index in [9.17, 15) is 19.3 Å². The molecule has 0 spiro atoms. The van der Waals surface area contributed by atoms with Gasteiger partial charge >= 0.3 is 5.69 Å². The summed E-state index contributed by atoms with van der Waals surface area (Å²) >= 11 is 0. The van der Waals surface area contributed by atoms with Crippen LogP contribution in [-0.2, 0) is 4.79 Å². The van der Waals surface area contributed by atoms with Gasteiger partial charge in [0, 0.05) is 18.2 Å². The number of nitrogens with one attached hydrogen (secondary N) is 1. The van der Waals surface area contributed by atoms with Crippen LogP contribution in [-0.4, -0.2) is 22.1 Å². The predicted octanol–water partition coefficient (Wildman–Crippen LogP) is 2.83. The average molecular weight is 323 g/mol. The largest absolute Gasteiger partial charge is 0.473 e. The molecular weight excluding hydrogens is 309 g/mol. The van der Waals surface area contributed by atoms with Crippen molar-refractivity contribution in [2.75, 3.05) is 5.32 Å². The summed E-state index contributed by atoms with van der Waals surface area (Å²) in [5.41, 5.74) is -0.421. The maximum absolute atomic E-state index is 13.3. The number of carbonyl (C=O) groups is 1. The fraction of sp³-hybridized carbons (Fsp3) is 0.286. The molecule has 1 heterocycles. The Labute approximate surface area is 130 Å². The van der Waals surface area contributed by atoms with E-state index < -0.39 is 28.4 Å². The van der Waals surface area contributed by atoms with E-state index in [-0.39, 0.29) is 18.0 Å². The molecule has 8 nitrogen and oxygen atoms in total. The Morgan fingerprint density at radius 1 is 1.52 bits per heavy atom. The Kier molecular flexibility index (Phi) is 4.89. The molecule has 0 aliphatic carbocycles. The van der Waals surface area contributed by atoms with Gasteiger partial charge in [-0.15, -0.1) is 0 Å². The molecular formula is C14H14FN3O5. The number of aromatic nitrogens is 1. The van der Waals surface area contributed by atoms with Crippen molar-refractivity contribution in [2.24, 2.45) is 0 Å². The van der Waals surface area contributed by atoms with E-state index in [1.807, 2.05) is 0 Å². The first-order valence-electron chi connectivity index (χ1n) is 6.75. The highest BCUT2D eigenvalue weighted by molar-refractivity contribution is 5.93. The van der Waals surface area contributed by atoms with Gasteiger partial charge in [0.2, 0.25) is 5.75 Å². The molecule has 2 rings (SSSR count). The zero-order valence-corrected chi connectivity index (χ0v) is 12.4. The Morgan fingerprint density at radius 3 is 2.83 bits per heavy atom. The summed E-state index contributed by atoms with van der Waals surface area (Å²) in [6, 6.07) is 4.31. The fourth-order valence-electron chi connectivity index (χ4n) is 1.84. The summed E-state index contributed by atoms with van der Waals surface area (Å²) in [6.07, 6.45) is -0.830. The lowest BCUT2D eigenvalue weighted by Gasteiger charge is -2.16. The molecule has 0 aliphatic rings. The van der Waals surface area contributed by atoms with Crippen LogP contribution in [0.5, 0.6) is 5.75 Å². The first kappa shape index (κ1) is 16.4. The minimum absolute atomic E-state index is 0.197. The van der Waals surface area contributed by atoms with Crippen LogP contribution in [0, 0.1) is 22.9 Å². The lowest BCUT2D eigenvalue weighted by molar-refractivity contribution is -0.386. The second kappa shape index (κ2) is 6.86. The van der Waals surface area contributed by atoms with Gasteiger partial charge in [-0.25, -0.2) is 4.39 Å². The van der Waals surface area contributed by atoms with Crippen LogP contribution in [0.15, 0.2) is 28.8 Å². The summed E-state index contributed by atoms with van der Waals surface area (Å²) in [4.78, 5) is 22.4. The molecule has 1 atom stereocenters. The number of carbonyl (C=O) groups excluding carboxylic acids is 1. The van der Waals surface area contributed by atoms with Crippen molar-refractivity contribution >= 4 is 17.4 Å². The molecule has 1 N–H and O–H groups in total. The van der Waals surface area contributed by atoms with Gasteiger partial charge in [0.05, 0.1) is 4.92 Å². The summed E-state index contributed by atoms with van der Waals surface area (Å²) in [5, 5.41) is 17.0. The first-order chi connectivity index (χ1) is 10.9. The quantitative estimate of drug-likeness (QED) is 0.647. The molecule has 9 heteroatoms. The zero-order valence-electron chi connectivity index (χ0n) is 12.4. The number of rotatable bonds is 6. The van der Waals surface area contributed by atoms with Crippen molar-refractivity contribution in [1.82, 2.24) is 5.16 Å². The lowest BCUT2D eigenvalue weighted by atomic mass is 10.2. The highest BCUT2D eigenvalue weighted by Gasteiger charge is 2.24. The molecule has 0 aliphatic heterocycles. The van der Waals surface area contributed by atoms with Gasteiger partial charge in [-0.1, -0.05) is 12.1 Å². The second-order valence-corrected chi connectivity index (χ2v) is 4.70. The Balaban J connectivity index is 2.17. The highest BCUT2D eigenvalue weighted by atomic mass is 19.1. The van der Waals surface area contributed by atoms with E-state index in [1.54, 1.807) is 13.8 Å². The molecule has 1 aromatic heterocycles. The maximum atomic E-state index is 13.3. The standard InChI is InChI=1S/C14H14FN3O5/c1-3-11(14(19)16-13-6-8(2)23-17-13)22-12-7-9(15)4-5-10(12)18(20)21/h4-7,11H,3H2,1-2H3,(H,16,17,19)/t11-/m1/s1. The molecule has 0 radical (unpaired) electrons. The van der Waals surface area contributed by atoms with E-state index in [2.05, 4.69) is 10.5 Å². The number of amides is 1. The number of nitrogens with zero attached hydrogens (tertiary/aromatic N) is 2. The number of benzene rings is 1. The summed E-state index contributed by atoms with van der Waals surface area (Å²) in [6.45, 7) is 3.32. The van der Waals surface area contributed by atoms with Crippen LogP contribution in [0.25, 0.3) is 0 Å². The van der Waals surface area contributed by atoms with Gasteiger partial charge < -0.3 is 14.6 Å². The topological polar surface area (TPSA) is 108 Å². The van der Waals surface area contributed by atoms with Gasteiger partial charge in [-0.3, -0.25) is 14.9 Å². The second-order valence-electron chi connectivity index (χ2n) is 4.70. The molecule has 2 aromatic rings. The molecule has 0 saturated carbocycles. The van der Waals surface area contributed by atoms with Gasteiger partial charge in [0.15, 0.2) is 11.9 Å². The van der Waals surface area contributed by atoms with Crippen LogP contribution >= 0.6 is 0 Å². The number of hydrogen-bond donors (Lipinski definition) is 1. The third-order valence-electron chi connectivity index (χ3n) is 2.93. The van der Waals surface area contributed by atoms with Crippen LogP contribution in [0.3, 0.4) is 0 Å². The highest BCUT2D eigenvalue weighted by Crippen LogP contribution is 2.29. The monoisotopic (exact) mass is 323 g/mol. The van der Waals surface area contributed by atoms with Crippen molar-refractivity contribution in [3.05, 3.63) is 46.0 Å². The van der Waals surface area contributed by atoms with Gasteiger partial charge in [-0.05, 0) is 19.4 Å². The van der Waals surface area contributed by atoms with E-state index >= 15 is 0 Å². The van der Waals surface area contributed by atoms with E-state index in [1.165, 1.54) is 6.07 Å². The van der Waals surface area contributed by atoms with Crippen molar-refractivity contribution < 1.29 is 23.4 Å². The van der Waals surface area contributed by atoms with Gasteiger partial charge in [0.1, 0.15) is 11.6 Å². The van der Waals surface area contributed by atoms with Crippen molar-refractivity contribution in [1.29, 1.82) is 0 Å².